The molecule has 0 aliphatic carbocycles. The number of carbonyl (C=O) groups is 1. The Balaban J connectivity index is 2.77. The van der Waals surface area contributed by atoms with Crippen LogP contribution < -0.4 is 0 Å². The first-order chi connectivity index (χ1) is 5.79. The van der Waals surface area contributed by atoms with Gasteiger partial charge in [-0.15, -0.1) is 17.9 Å². The molecule has 0 spiro atoms. The van der Waals surface area contributed by atoms with E-state index in [0.717, 1.165) is 11.3 Å². The van der Waals surface area contributed by atoms with Crippen molar-refractivity contribution < 1.29 is 4.79 Å². The van der Waals surface area contributed by atoms with Crippen molar-refractivity contribution in [2.24, 2.45) is 5.92 Å². The summed E-state index contributed by atoms with van der Waals surface area (Å²) in [6, 6.07) is 3.76. The second kappa shape index (κ2) is 4.21. The second-order valence-electron chi connectivity index (χ2n) is 2.59. The molecule has 0 radical (unpaired) electrons. The smallest absolute Gasteiger partial charge is 0.179 e. The summed E-state index contributed by atoms with van der Waals surface area (Å²) in [5.74, 6) is 0.186. The summed E-state index contributed by atoms with van der Waals surface area (Å²) in [6.45, 7) is 5.64. The van der Waals surface area contributed by atoms with Gasteiger partial charge in [0.15, 0.2) is 5.78 Å². The molecule has 1 heterocycles. The van der Waals surface area contributed by atoms with Crippen LogP contribution in [0, 0.1) is 5.92 Å². The molecule has 2 heteroatoms. The van der Waals surface area contributed by atoms with Crippen molar-refractivity contribution in [3.8, 4) is 0 Å². The van der Waals surface area contributed by atoms with Crippen LogP contribution in [0.2, 0.25) is 0 Å². The second-order valence-corrected chi connectivity index (χ2v) is 3.54. The van der Waals surface area contributed by atoms with E-state index < -0.39 is 0 Å². The summed E-state index contributed by atoms with van der Waals surface area (Å²) >= 11 is 1.49. The number of Topliss-reactive ketones (excluding diaryl/α,β-unsaturated/α-hetero) is 1. The molecule has 0 aliphatic rings. The number of hydrogen-bond acceptors (Lipinski definition) is 2. The van der Waals surface area contributed by atoms with Crippen LogP contribution in [0.3, 0.4) is 0 Å². The summed E-state index contributed by atoms with van der Waals surface area (Å²) in [7, 11) is 0. The zero-order valence-electron chi connectivity index (χ0n) is 7.12. The van der Waals surface area contributed by atoms with E-state index in [-0.39, 0.29) is 11.7 Å². The van der Waals surface area contributed by atoms with Crippen LogP contribution in [-0.4, -0.2) is 5.78 Å². The summed E-state index contributed by atoms with van der Waals surface area (Å²) in [4.78, 5) is 12.4. The van der Waals surface area contributed by atoms with E-state index in [1.807, 2.05) is 24.4 Å². The van der Waals surface area contributed by atoms with Gasteiger partial charge in [-0.05, 0) is 17.9 Å². The van der Waals surface area contributed by atoms with Gasteiger partial charge in [0, 0.05) is 5.92 Å². The molecule has 0 bridgehead atoms. The molecular weight excluding hydrogens is 168 g/mol. The van der Waals surface area contributed by atoms with E-state index in [1.165, 1.54) is 11.3 Å². The average molecular weight is 180 g/mol. The number of allylic oxidation sites excluding steroid dienone is 1. The summed E-state index contributed by atoms with van der Waals surface area (Å²) in [5, 5.41) is 1.92. The molecule has 0 fully saturated rings. The Morgan fingerprint density at radius 1 is 1.83 bits per heavy atom. The Bertz CT molecular complexity index is 261. The van der Waals surface area contributed by atoms with Gasteiger partial charge in [0.25, 0.3) is 0 Å². The van der Waals surface area contributed by atoms with Gasteiger partial charge in [-0.3, -0.25) is 4.79 Å². The number of thiophene rings is 1. The van der Waals surface area contributed by atoms with Crippen molar-refractivity contribution in [3.05, 3.63) is 35.0 Å². The van der Waals surface area contributed by atoms with Gasteiger partial charge in [-0.2, -0.15) is 0 Å². The molecule has 1 rings (SSSR count). The van der Waals surface area contributed by atoms with Gasteiger partial charge in [0.05, 0.1) is 4.88 Å². The number of carbonyl (C=O) groups excluding carboxylic acids is 1. The number of ketones is 1. The predicted octanol–water partition coefficient (Wildman–Crippen LogP) is 3.14. The Morgan fingerprint density at radius 2 is 2.58 bits per heavy atom. The van der Waals surface area contributed by atoms with Crippen LogP contribution in [0.4, 0.5) is 0 Å². The van der Waals surface area contributed by atoms with Gasteiger partial charge in [-0.25, -0.2) is 0 Å². The maximum atomic E-state index is 11.6. The largest absolute Gasteiger partial charge is 0.293 e. The van der Waals surface area contributed by atoms with Crippen LogP contribution in [0.25, 0.3) is 0 Å². The highest BCUT2D eigenvalue weighted by Gasteiger charge is 2.14. The van der Waals surface area contributed by atoms with Crippen molar-refractivity contribution >= 4 is 17.1 Å². The lowest BCUT2D eigenvalue weighted by Crippen LogP contribution is -2.09. The van der Waals surface area contributed by atoms with Crippen LogP contribution >= 0.6 is 11.3 Å². The van der Waals surface area contributed by atoms with Gasteiger partial charge in [0.2, 0.25) is 0 Å². The molecule has 1 aromatic rings. The van der Waals surface area contributed by atoms with Crippen LogP contribution in [0.1, 0.15) is 23.0 Å². The summed E-state index contributed by atoms with van der Waals surface area (Å²) < 4.78 is 0. The topological polar surface area (TPSA) is 17.1 Å². The quantitative estimate of drug-likeness (QED) is 0.514. The van der Waals surface area contributed by atoms with Gasteiger partial charge in [-0.1, -0.05) is 19.1 Å². The van der Waals surface area contributed by atoms with E-state index in [0.29, 0.717) is 0 Å². The zero-order chi connectivity index (χ0) is 8.97. The van der Waals surface area contributed by atoms with Crippen LogP contribution in [0.5, 0.6) is 0 Å². The van der Waals surface area contributed by atoms with Crippen molar-refractivity contribution in [3.63, 3.8) is 0 Å². The minimum atomic E-state index is -0.0105. The molecule has 0 saturated heterocycles. The monoisotopic (exact) mass is 180 g/mol. The number of hydrogen-bond donors (Lipinski definition) is 0. The average Bonchev–Trinajstić information content (AvgIpc) is 2.58. The molecule has 0 N–H and O–H groups in total. The fraction of sp³-hybridized carbons (Fsp3) is 0.300. The van der Waals surface area contributed by atoms with E-state index in [4.69, 9.17) is 0 Å². The fourth-order valence-electron chi connectivity index (χ4n) is 1.06. The Kier molecular flexibility index (Phi) is 3.23. The first-order valence-corrected chi connectivity index (χ1v) is 4.87. The normalized spacial score (nSPS) is 12.4. The molecule has 1 aromatic heterocycles. The maximum absolute atomic E-state index is 11.6. The van der Waals surface area contributed by atoms with Gasteiger partial charge in [0.1, 0.15) is 0 Å². The molecule has 0 aromatic carbocycles. The molecule has 0 saturated carbocycles. The SMILES string of the molecule is C=CC(CC)C(=O)c1cccs1. The highest BCUT2D eigenvalue weighted by atomic mass is 32.1. The predicted molar refractivity (Wildman–Crippen MR) is 52.6 cm³/mol. The Morgan fingerprint density at radius 3 is 3.00 bits per heavy atom. The maximum Gasteiger partial charge on any atom is 0.179 e. The van der Waals surface area contributed by atoms with Gasteiger partial charge < -0.3 is 0 Å². The third-order valence-electron chi connectivity index (χ3n) is 1.83. The minimum absolute atomic E-state index is 0.0105. The van der Waals surface area contributed by atoms with Crippen molar-refractivity contribution in [1.29, 1.82) is 0 Å². The van der Waals surface area contributed by atoms with Crippen LogP contribution in [0.15, 0.2) is 30.2 Å². The summed E-state index contributed by atoms with van der Waals surface area (Å²) in [5.41, 5.74) is 0. The molecule has 1 atom stereocenters. The van der Waals surface area contributed by atoms with E-state index in [2.05, 4.69) is 6.58 Å². The van der Waals surface area contributed by atoms with Crippen LogP contribution in [-0.2, 0) is 0 Å². The molecule has 64 valence electrons. The van der Waals surface area contributed by atoms with Crippen molar-refractivity contribution in [2.45, 2.75) is 13.3 Å². The third kappa shape index (κ3) is 1.83. The lowest BCUT2D eigenvalue weighted by atomic mass is 10.0. The fourth-order valence-corrected chi connectivity index (χ4v) is 1.79. The standard InChI is InChI=1S/C10H12OS/c1-3-8(4-2)10(11)9-6-5-7-12-9/h3,5-8H,1,4H2,2H3. The lowest BCUT2D eigenvalue weighted by molar-refractivity contribution is 0.0947. The molecule has 1 nitrogen and oxygen atoms in total. The molecule has 0 amide bonds. The molecule has 0 aliphatic heterocycles. The van der Waals surface area contributed by atoms with E-state index >= 15 is 0 Å². The Hall–Kier alpha value is -0.890. The highest BCUT2D eigenvalue weighted by molar-refractivity contribution is 7.12. The number of rotatable bonds is 4. The highest BCUT2D eigenvalue weighted by Crippen LogP contribution is 2.17. The van der Waals surface area contributed by atoms with Crippen molar-refractivity contribution in [2.75, 3.05) is 0 Å². The zero-order valence-corrected chi connectivity index (χ0v) is 7.93. The van der Waals surface area contributed by atoms with E-state index in [1.54, 1.807) is 6.08 Å². The molecular formula is C10H12OS. The van der Waals surface area contributed by atoms with Gasteiger partial charge >= 0.3 is 0 Å². The molecule has 1 unspecified atom stereocenters. The first-order valence-electron chi connectivity index (χ1n) is 3.99. The van der Waals surface area contributed by atoms with Crippen molar-refractivity contribution in [1.82, 2.24) is 0 Å². The lowest BCUT2D eigenvalue weighted by Gasteiger charge is -2.05. The first kappa shape index (κ1) is 9.20. The third-order valence-corrected chi connectivity index (χ3v) is 2.71. The van der Waals surface area contributed by atoms with E-state index in [9.17, 15) is 4.79 Å². The Labute approximate surface area is 76.7 Å². The minimum Gasteiger partial charge on any atom is -0.293 e. The molecule has 12 heavy (non-hydrogen) atoms. The summed E-state index contributed by atoms with van der Waals surface area (Å²) in [6.07, 6.45) is 2.56.